The summed E-state index contributed by atoms with van der Waals surface area (Å²) in [7, 11) is 0. The van der Waals surface area contributed by atoms with Gasteiger partial charge in [-0.3, -0.25) is 14.9 Å². The number of benzene rings is 1. The summed E-state index contributed by atoms with van der Waals surface area (Å²) >= 11 is 0. The second-order valence-corrected chi connectivity index (χ2v) is 7.84. The number of aromatic nitrogens is 2. The van der Waals surface area contributed by atoms with Crippen LogP contribution in [0.5, 0.6) is 0 Å². The number of ether oxygens (including phenoxy) is 2. The summed E-state index contributed by atoms with van der Waals surface area (Å²) in [5, 5.41) is 14.9. The maximum atomic E-state index is 12.4. The molecular formula is C24H25N5O5. The summed E-state index contributed by atoms with van der Waals surface area (Å²) in [5.74, 6) is -0.120. The number of hydrogen-bond acceptors (Lipinski definition) is 7. The van der Waals surface area contributed by atoms with Gasteiger partial charge >= 0.3 is 6.09 Å². The fraction of sp³-hybridized carbons (Fsp3) is 0.292. The van der Waals surface area contributed by atoms with Gasteiger partial charge < -0.3 is 19.8 Å². The Morgan fingerprint density at radius 2 is 2.15 bits per heavy atom. The van der Waals surface area contributed by atoms with E-state index in [0.717, 1.165) is 11.3 Å². The lowest BCUT2D eigenvalue weighted by atomic mass is 10.1. The number of rotatable bonds is 7. The van der Waals surface area contributed by atoms with Gasteiger partial charge in [0.05, 0.1) is 18.8 Å². The number of carbonyl (C=O) groups excluding carboxylic acids is 2. The van der Waals surface area contributed by atoms with E-state index < -0.39 is 6.09 Å². The van der Waals surface area contributed by atoms with Gasteiger partial charge in [-0.1, -0.05) is 18.2 Å². The first-order valence-electron chi connectivity index (χ1n) is 10.9. The quantitative estimate of drug-likeness (QED) is 0.647. The molecule has 1 aromatic heterocycles. The molecule has 0 radical (unpaired) electrons. The zero-order valence-electron chi connectivity index (χ0n) is 18.5. The summed E-state index contributed by atoms with van der Waals surface area (Å²) in [6, 6.07) is 8.53. The van der Waals surface area contributed by atoms with Gasteiger partial charge in [-0.15, -0.1) is 0 Å². The lowest BCUT2D eigenvalue weighted by Crippen LogP contribution is -2.43. The molecule has 176 valence electrons. The lowest BCUT2D eigenvalue weighted by Gasteiger charge is -2.26. The highest BCUT2D eigenvalue weighted by Crippen LogP contribution is 2.15. The van der Waals surface area contributed by atoms with E-state index in [9.17, 15) is 14.4 Å². The Morgan fingerprint density at radius 3 is 2.97 bits per heavy atom. The van der Waals surface area contributed by atoms with Crippen LogP contribution in [0.1, 0.15) is 17.7 Å². The molecule has 0 saturated carbocycles. The van der Waals surface area contributed by atoms with E-state index in [2.05, 4.69) is 10.4 Å². The number of nitrogens with zero attached hydrogens (tertiary/aromatic N) is 3. The molecule has 2 amide bonds. The van der Waals surface area contributed by atoms with Crippen molar-refractivity contribution in [2.24, 2.45) is 0 Å². The van der Waals surface area contributed by atoms with E-state index >= 15 is 0 Å². The molecule has 0 bridgehead atoms. The molecule has 1 aromatic carbocycles. The molecule has 0 unspecified atom stereocenters. The van der Waals surface area contributed by atoms with Crippen molar-refractivity contribution in [3.05, 3.63) is 76.2 Å². The number of amides is 2. The predicted octanol–water partition coefficient (Wildman–Crippen LogP) is 2.06. The van der Waals surface area contributed by atoms with E-state index in [0.29, 0.717) is 43.2 Å². The molecule has 10 nitrogen and oxygen atoms in total. The molecule has 2 aliphatic rings. The minimum absolute atomic E-state index is 0.0539. The molecule has 1 aliphatic carbocycles. The van der Waals surface area contributed by atoms with Gasteiger partial charge in [0.1, 0.15) is 18.9 Å². The van der Waals surface area contributed by atoms with Crippen LogP contribution in [-0.4, -0.2) is 65.3 Å². The molecule has 2 N–H and O–H groups in total. The fourth-order valence-corrected chi connectivity index (χ4v) is 3.59. The number of nitrogens with one attached hydrogen (secondary N) is 2. The average Bonchev–Trinajstić information content (AvgIpc) is 2.82. The smallest absolute Gasteiger partial charge is 0.411 e. The maximum Gasteiger partial charge on any atom is 0.411 e. The molecule has 1 fully saturated rings. The van der Waals surface area contributed by atoms with Crippen LogP contribution in [0.3, 0.4) is 0 Å². The van der Waals surface area contributed by atoms with Gasteiger partial charge in [-0.25, -0.2) is 9.48 Å². The maximum absolute atomic E-state index is 12.4. The molecule has 2 heterocycles. The van der Waals surface area contributed by atoms with E-state index in [-0.39, 0.29) is 31.0 Å². The van der Waals surface area contributed by atoms with E-state index in [1.807, 2.05) is 18.2 Å². The van der Waals surface area contributed by atoms with Crippen molar-refractivity contribution in [3.63, 3.8) is 0 Å². The molecular weight excluding hydrogens is 438 g/mol. The Kier molecular flexibility index (Phi) is 7.28. The van der Waals surface area contributed by atoms with Gasteiger partial charge in [-0.2, -0.15) is 5.10 Å². The summed E-state index contributed by atoms with van der Waals surface area (Å²) in [4.78, 5) is 37.8. The minimum atomic E-state index is -0.628. The van der Waals surface area contributed by atoms with Crippen LogP contribution in [0, 0.1) is 5.41 Å². The number of anilines is 1. The zero-order valence-corrected chi connectivity index (χ0v) is 18.5. The van der Waals surface area contributed by atoms with Crippen LogP contribution >= 0.6 is 0 Å². The van der Waals surface area contributed by atoms with Crippen LogP contribution in [0.2, 0.25) is 0 Å². The van der Waals surface area contributed by atoms with Crippen LogP contribution in [0.15, 0.2) is 59.6 Å². The van der Waals surface area contributed by atoms with Crippen molar-refractivity contribution in [2.75, 3.05) is 38.2 Å². The Morgan fingerprint density at radius 1 is 1.26 bits per heavy atom. The zero-order chi connectivity index (χ0) is 23.9. The first kappa shape index (κ1) is 23.1. The molecule has 1 saturated heterocycles. The normalized spacial score (nSPS) is 15.8. The average molecular weight is 463 g/mol. The number of allylic oxidation sites excluding steroid dienone is 4. The van der Waals surface area contributed by atoms with Gasteiger partial charge in [0.25, 0.3) is 0 Å². The molecule has 0 spiro atoms. The van der Waals surface area contributed by atoms with Gasteiger partial charge in [0.15, 0.2) is 0 Å². The molecule has 1 aliphatic heterocycles. The Balaban J connectivity index is 1.36. The first-order chi connectivity index (χ1) is 16.5. The van der Waals surface area contributed by atoms with E-state index in [1.54, 1.807) is 40.1 Å². The SMILES string of the molecule is N=C1C=C(n2ccc(=O)c(Cc3cccc(NC(=O)OCCN4CCOCC4=O)c3)n2)C=CC1. The largest absolute Gasteiger partial charge is 0.447 e. The highest BCUT2D eigenvalue weighted by Gasteiger charge is 2.18. The molecule has 0 atom stereocenters. The van der Waals surface area contributed by atoms with Crippen LogP contribution in [0.4, 0.5) is 10.5 Å². The second-order valence-electron chi connectivity index (χ2n) is 7.84. The standard InChI is InChI=1S/C24H25N5O5/c25-18-4-2-6-20(15-18)29-8-7-22(30)21(27-29)14-17-3-1-5-19(13-17)26-24(32)34-12-10-28-9-11-33-16-23(28)31/h1-3,5-8,13,15,25H,4,9-12,14,16H2,(H,26,32). The third-order valence-electron chi connectivity index (χ3n) is 5.32. The van der Waals surface area contributed by atoms with E-state index in [1.165, 1.54) is 6.07 Å². The third-order valence-corrected chi connectivity index (χ3v) is 5.32. The van der Waals surface area contributed by atoms with E-state index in [4.69, 9.17) is 14.9 Å². The topological polar surface area (TPSA) is 127 Å². The van der Waals surface area contributed by atoms with Gasteiger partial charge in [0.2, 0.25) is 11.3 Å². The summed E-state index contributed by atoms with van der Waals surface area (Å²) in [5.41, 5.74) is 2.66. The van der Waals surface area contributed by atoms with Crippen molar-refractivity contribution in [2.45, 2.75) is 12.8 Å². The summed E-state index contributed by atoms with van der Waals surface area (Å²) in [6.45, 7) is 1.40. The monoisotopic (exact) mass is 463 g/mol. The van der Waals surface area contributed by atoms with Crippen molar-refractivity contribution >= 4 is 29.1 Å². The first-order valence-corrected chi connectivity index (χ1v) is 10.9. The summed E-state index contributed by atoms with van der Waals surface area (Å²) in [6.07, 6.45) is 7.26. The minimum Gasteiger partial charge on any atom is -0.447 e. The van der Waals surface area contributed by atoms with Gasteiger partial charge in [-0.05, 0) is 29.8 Å². The predicted molar refractivity (Wildman–Crippen MR) is 126 cm³/mol. The molecule has 34 heavy (non-hydrogen) atoms. The van der Waals surface area contributed by atoms with Crippen molar-refractivity contribution in [1.82, 2.24) is 14.7 Å². The Labute approximate surface area is 196 Å². The van der Waals surface area contributed by atoms with Crippen molar-refractivity contribution < 1.29 is 19.1 Å². The van der Waals surface area contributed by atoms with Crippen molar-refractivity contribution in [3.8, 4) is 0 Å². The molecule has 10 heteroatoms. The highest BCUT2D eigenvalue weighted by molar-refractivity contribution is 6.00. The van der Waals surface area contributed by atoms with Crippen molar-refractivity contribution in [1.29, 1.82) is 5.41 Å². The second kappa shape index (κ2) is 10.7. The Hall–Kier alpha value is -4.05. The fourth-order valence-electron chi connectivity index (χ4n) is 3.59. The van der Waals surface area contributed by atoms with Crippen LogP contribution in [0.25, 0.3) is 5.70 Å². The number of hydrogen-bond donors (Lipinski definition) is 2. The lowest BCUT2D eigenvalue weighted by molar-refractivity contribution is -0.143. The molecule has 2 aromatic rings. The number of morpholine rings is 1. The highest BCUT2D eigenvalue weighted by atomic mass is 16.5. The van der Waals surface area contributed by atoms with Crippen LogP contribution < -0.4 is 10.7 Å². The number of carbonyl (C=O) groups is 2. The van der Waals surface area contributed by atoms with Crippen LogP contribution in [-0.2, 0) is 20.7 Å². The van der Waals surface area contributed by atoms with Gasteiger partial charge in [0, 0.05) is 43.0 Å². The summed E-state index contributed by atoms with van der Waals surface area (Å²) < 4.78 is 11.8. The Bertz CT molecular complexity index is 1220. The molecule has 4 rings (SSSR count). The third kappa shape index (κ3) is 6.04.